The molecular weight excluding hydrogens is 516 g/mol. The number of ether oxygens (including phenoxy) is 1. The average molecular weight is 597 g/mol. The number of nitrogens with zero attached hydrogens (tertiary/aromatic N) is 4. The summed E-state index contributed by atoms with van der Waals surface area (Å²) in [4.78, 5) is 10.3. The van der Waals surface area contributed by atoms with Crippen LogP contribution in [0.15, 0.2) is 0 Å². The third kappa shape index (κ3) is 15.2. The molecule has 5 nitrogen and oxygen atoms in total. The van der Waals surface area contributed by atoms with Crippen LogP contribution in [0, 0.1) is 0 Å². The lowest BCUT2D eigenvalue weighted by Gasteiger charge is -2.43. The summed E-state index contributed by atoms with van der Waals surface area (Å²) in [7, 11) is 0. The van der Waals surface area contributed by atoms with Gasteiger partial charge in [-0.2, -0.15) is 0 Å². The SMILES string of the molecule is C.CC(C)(C)N1CCCC1.CC1CCCN1C(C)(C)C.C[C@@H]1CCCCN1C(C)(C)C.C[C@H]1COCCN1C(C)(C)C. The maximum Gasteiger partial charge on any atom is 0.0620 e. The quantitative estimate of drug-likeness (QED) is 0.278. The largest absolute Gasteiger partial charge is 0.379 e. The molecule has 0 radical (unpaired) electrons. The topological polar surface area (TPSA) is 22.2 Å². The second-order valence-corrected chi connectivity index (χ2v) is 17.2. The molecule has 0 amide bonds. The van der Waals surface area contributed by atoms with Crippen LogP contribution in [0.1, 0.15) is 156 Å². The molecule has 0 saturated carbocycles. The molecule has 0 aliphatic carbocycles. The van der Waals surface area contributed by atoms with Gasteiger partial charge in [0, 0.05) is 46.8 Å². The number of morpholine rings is 1. The van der Waals surface area contributed by atoms with Gasteiger partial charge in [0.05, 0.1) is 13.2 Å². The van der Waals surface area contributed by atoms with Gasteiger partial charge in [0.15, 0.2) is 0 Å². The number of piperidine rings is 1. The van der Waals surface area contributed by atoms with E-state index in [0.29, 0.717) is 28.2 Å². The first-order chi connectivity index (χ1) is 18.7. The molecule has 4 aliphatic heterocycles. The Balaban J connectivity index is 0.000000531. The third-order valence-electron chi connectivity index (χ3n) is 9.36. The van der Waals surface area contributed by atoms with E-state index < -0.39 is 0 Å². The summed E-state index contributed by atoms with van der Waals surface area (Å²) in [5.74, 6) is 0. The van der Waals surface area contributed by atoms with Crippen LogP contribution in [0.2, 0.25) is 0 Å². The maximum absolute atomic E-state index is 5.37. The Hall–Kier alpha value is -0.200. The van der Waals surface area contributed by atoms with Crippen LogP contribution < -0.4 is 0 Å². The van der Waals surface area contributed by atoms with E-state index in [1.165, 1.54) is 71.1 Å². The van der Waals surface area contributed by atoms with Crippen molar-refractivity contribution >= 4 is 0 Å². The highest BCUT2D eigenvalue weighted by Gasteiger charge is 2.30. The highest BCUT2D eigenvalue weighted by Crippen LogP contribution is 2.26. The van der Waals surface area contributed by atoms with Crippen molar-refractivity contribution in [2.75, 3.05) is 45.9 Å². The van der Waals surface area contributed by atoms with Crippen LogP contribution in [-0.2, 0) is 4.74 Å². The van der Waals surface area contributed by atoms with E-state index in [1.807, 2.05) is 0 Å². The van der Waals surface area contributed by atoms with Crippen molar-refractivity contribution in [2.45, 2.75) is 197 Å². The third-order valence-corrected chi connectivity index (χ3v) is 9.36. The number of hydrogen-bond acceptors (Lipinski definition) is 5. The van der Waals surface area contributed by atoms with Crippen molar-refractivity contribution in [3.8, 4) is 0 Å². The Labute approximate surface area is 266 Å². The first kappa shape index (κ1) is 41.8. The lowest BCUT2D eigenvalue weighted by atomic mass is 9.96. The summed E-state index contributed by atoms with van der Waals surface area (Å²) in [5.41, 5.74) is 1.47. The van der Waals surface area contributed by atoms with Crippen LogP contribution >= 0.6 is 0 Å². The van der Waals surface area contributed by atoms with E-state index in [0.717, 1.165) is 31.8 Å². The first-order valence-electron chi connectivity index (χ1n) is 17.3. The Kier molecular flexibility index (Phi) is 18.0. The lowest BCUT2D eigenvalue weighted by molar-refractivity contribution is -0.0421. The van der Waals surface area contributed by atoms with Crippen LogP contribution in [0.3, 0.4) is 0 Å². The molecule has 4 rings (SSSR count). The van der Waals surface area contributed by atoms with Gasteiger partial charge in [-0.25, -0.2) is 0 Å². The average Bonchev–Trinajstić information content (AvgIpc) is 3.51. The van der Waals surface area contributed by atoms with Crippen molar-refractivity contribution in [3.63, 3.8) is 0 Å². The monoisotopic (exact) mass is 597 g/mol. The highest BCUT2D eigenvalue weighted by atomic mass is 16.5. The van der Waals surface area contributed by atoms with Crippen LogP contribution in [0.5, 0.6) is 0 Å². The molecule has 0 aromatic heterocycles. The van der Waals surface area contributed by atoms with E-state index >= 15 is 0 Å². The Morgan fingerprint density at radius 1 is 0.452 bits per heavy atom. The van der Waals surface area contributed by atoms with E-state index in [9.17, 15) is 0 Å². The van der Waals surface area contributed by atoms with E-state index in [4.69, 9.17) is 4.74 Å². The van der Waals surface area contributed by atoms with Gasteiger partial charge in [0.25, 0.3) is 0 Å². The zero-order chi connectivity index (χ0) is 31.6. The van der Waals surface area contributed by atoms with E-state index in [1.54, 1.807) is 0 Å². The molecule has 4 fully saturated rings. The molecule has 0 bridgehead atoms. The molecular formula is C37H80N4O. The fourth-order valence-electron chi connectivity index (χ4n) is 7.14. The summed E-state index contributed by atoms with van der Waals surface area (Å²) in [6, 6.07) is 2.17. The fourth-order valence-corrected chi connectivity index (χ4v) is 7.14. The molecule has 4 aliphatic rings. The summed E-state index contributed by atoms with van der Waals surface area (Å²) < 4.78 is 5.37. The van der Waals surface area contributed by atoms with Gasteiger partial charge in [0.1, 0.15) is 0 Å². The van der Waals surface area contributed by atoms with Gasteiger partial charge < -0.3 is 4.74 Å². The van der Waals surface area contributed by atoms with Crippen molar-refractivity contribution in [3.05, 3.63) is 0 Å². The molecule has 4 saturated heterocycles. The normalized spacial score (nSPS) is 27.1. The van der Waals surface area contributed by atoms with Gasteiger partial charge in [-0.3, -0.25) is 19.6 Å². The van der Waals surface area contributed by atoms with Crippen LogP contribution in [0.25, 0.3) is 0 Å². The number of likely N-dealkylation sites (tertiary alicyclic amines) is 3. The first-order valence-corrected chi connectivity index (χ1v) is 17.3. The zero-order valence-electron chi connectivity index (χ0n) is 30.8. The van der Waals surface area contributed by atoms with Gasteiger partial charge in [-0.15, -0.1) is 0 Å². The molecule has 3 atom stereocenters. The smallest absolute Gasteiger partial charge is 0.0620 e. The van der Waals surface area contributed by atoms with Crippen LogP contribution in [-0.4, -0.2) is 106 Å². The molecule has 0 spiro atoms. The molecule has 1 unspecified atom stereocenters. The highest BCUT2D eigenvalue weighted by molar-refractivity contribution is 4.86. The van der Waals surface area contributed by atoms with Gasteiger partial charge in [-0.1, -0.05) is 13.8 Å². The lowest BCUT2D eigenvalue weighted by Crippen LogP contribution is -2.53. The zero-order valence-corrected chi connectivity index (χ0v) is 30.8. The van der Waals surface area contributed by atoms with Gasteiger partial charge in [-0.05, 0) is 169 Å². The second kappa shape index (κ2) is 18.1. The second-order valence-electron chi connectivity index (χ2n) is 17.2. The minimum absolute atomic E-state index is 0. The van der Waals surface area contributed by atoms with E-state index in [2.05, 4.69) is 123 Å². The molecule has 4 heterocycles. The Bertz CT molecular complexity index is 659. The van der Waals surface area contributed by atoms with E-state index in [-0.39, 0.29) is 7.43 Å². The predicted octanol–water partition coefficient (Wildman–Crippen LogP) is 8.95. The standard InChI is InChI=1S/C10H21N.C9H19NO.C9H19N.C8H17N.CH4/c1-9-7-5-6-8-11(9)10(2,3)4;1-8-7-11-6-5-10(8)9(2,3)4;1-8-6-5-7-10(8)9(2,3)4;1-8(2,3)9-6-4-5-7-9;/h9H,5-8H2,1-4H3;8H,5-7H2,1-4H3;8H,5-7H2,1-4H3;4-7H2,1-3H3;1H4/t9-;8-;;;/m10.../s1. The number of hydrogen-bond donors (Lipinski definition) is 0. The molecule has 254 valence electrons. The van der Waals surface area contributed by atoms with Crippen molar-refractivity contribution in [2.24, 2.45) is 0 Å². The summed E-state index contributed by atoms with van der Waals surface area (Å²) in [5, 5.41) is 0. The predicted molar refractivity (Wildman–Crippen MR) is 189 cm³/mol. The number of rotatable bonds is 0. The van der Waals surface area contributed by atoms with Gasteiger partial charge in [0.2, 0.25) is 0 Å². The van der Waals surface area contributed by atoms with Crippen molar-refractivity contribution in [1.29, 1.82) is 0 Å². The molecule has 5 heteroatoms. The molecule has 0 N–H and O–H groups in total. The molecule has 42 heavy (non-hydrogen) atoms. The summed E-state index contributed by atoms with van der Waals surface area (Å²) in [6.45, 7) is 42.5. The molecule has 0 aromatic rings. The van der Waals surface area contributed by atoms with Crippen molar-refractivity contribution in [1.82, 2.24) is 19.6 Å². The minimum Gasteiger partial charge on any atom is -0.379 e. The summed E-state index contributed by atoms with van der Waals surface area (Å²) >= 11 is 0. The Morgan fingerprint density at radius 3 is 1.12 bits per heavy atom. The maximum atomic E-state index is 5.37. The summed E-state index contributed by atoms with van der Waals surface area (Å²) in [6.07, 6.45) is 9.77. The minimum atomic E-state index is 0. The molecule has 0 aromatic carbocycles. The van der Waals surface area contributed by atoms with Gasteiger partial charge >= 0.3 is 0 Å². The van der Waals surface area contributed by atoms with Crippen molar-refractivity contribution < 1.29 is 4.74 Å². The fraction of sp³-hybridized carbons (Fsp3) is 1.00. The van der Waals surface area contributed by atoms with Crippen LogP contribution in [0.4, 0.5) is 0 Å². The Morgan fingerprint density at radius 2 is 0.833 bits per heavy atom.